The molecular weight excluding hydrogens is 112 g/mol. The highest BCUT2D eigenvalue weighted by Crippen LogP contribution is 2.11. The Bertz CT molecular complexity index is 87.6. The molecule has 1 rings (SSSR count). The lowest BCUT2D eigenvalue weighted by Crippen LogP contribution is -2.50. The molecule has 0 aromatic heterocycles. The number of nitrogens with zero attached hydrogens (tertiary/aromatic N) is 1. The third-order valence-electron chi connectivity index (χ3n) is 1.97. The highest BCUT2D eigenvalue weighted by atomic mass is 15.4. The van der Waals surface area contributed by atoms with E-state index in [9.17, 15) is 0 Å². The summed E-state index contributed by atoms with van der Waals surface area (Å²) in [5.41, 5.74) is 0. The van der Waals surface area contributed by atoms with Crippen LogP contribution in [0.15, 0.2) is 0 Å². The van der Waals surface area contributed by atoms with Gasteiger partial charge in [0, 0.05) is 13.0 Å². The molecule has 9 heavy (non-hydrogen) atoms. The van der Waals surface area contributed by atoms with E-state index in [1.165, 1.54) is 19.4 Å². The van der Waals surface area contributed by atoms with Crippen LogP contribution < -0.4 is 5.32 Å². The fourth-order valence-electron chi connectivity index (χ4n) is 1.33. The molecule has 0 aliphatic carbocycles. The van der Waals surface area contributed by atoms with Crippen molar-refractivity contribution in [3.63, 3.8) is 0 Å². The van der Waals surface area contributed by atoms with Crippen molar-refractivity contribution < 1.29 is 4.48 Å². The smallest absolute Gasteiger partial charge is 0.142 e. The van der Waals surface area contributed by atoms with Crippen LogP contribution in [-0.2, 0) is 0 Å². The number of nitrogens with one attached hydrogen (secondary N) is 1. The molecule has 1 aliphatic rings. The van der Waals surface area contributed by atoms with Crippen LogP contribution >= 0.6 is 0 Å². The SMILES string of the molecule is C[N+](C)(C)C1CCCN1. The quantitative estimate of drug-likeness (QED) is 0.505. The zero-order valence-electron chi connectivity index (χ0n) is 6.65. The Labute approximate surface area is 57.4 Å². The van der Waals surface area contributed by atoms with E-state index in [2.05, 4.69) is 26.5 Å². The van der Waals surface area contributed by atoms with Crippen molar-refractivity contribution in [2.24, 2.45) is 0 Å². The number of quaternary nitrogens is 1. The molecule has 1 fully saturated rings. The van der Waals surface area contributed by atoms with Gasteiger partial charge in [0.05, 0.1) is 21.1 Å². The summed E-state index contributed by atoms with van der Waals surface area (Å²) in [5, 5.41) is 3.47. The van der Waals surface area contributed by atoms with Crippen LogP contribution in [0.5, 0.6) is 0 Å². The van der Waals surface area contributed by atoms with E-state index in [4.69, 9.17) is 0 Å². The summed E-state index contributed by atoms with van der Waals surface area (Å²) in [7, 11) is 6.72. The summed E-state index contributed by atoms with van der Waals surface area (Å²) >= 11 is 0. The summed E-state index contributed by atoms with van der Waals surface area (Å²) in [5.74, 6) is 0. The Balaban J connectivity index is 2.42. The Morgan fingerprint density at radius 2 is 2.00 bits per heavy atom. The predicted octanol–water partition coefficient (Wildman–Crippen LogP) is 0.402. The van der Waals surface area contributed by atoms with E-state index >= 15 is 0 Å². The zero-order chi connectivity index (χ0) is 6.91. The first kappa shape index (κ1) is 7.03. The predicted molar refractivity (Wildman–Crippen MR) is 39.1 cm³/mol. The lowest BCUT2D eigenvalue weighted by Gasteiger charge is -2.31. The lowest BCUT2D eigenvalue weighted by molar-refractivity contribution is -0.898. The minimum absolute atomic E-state index is 0.699. The molecule has 0 spiro atoms. The van der Waals surface area contributed by atoms with Gasteiger partial charge in [-0.15, -0.1) is 0 Å². The number of rotatable bonds is 1. The van der Waals surface area contributed by atoms with Gasteiger partial charge in [-0.2, -0.15) is 0 Å². The first-order valence-electron chi connectivity index (χ1n) is 3.65. The van der Waals surface area contributed by atoms with E-state index < -0.39 is 0 Å². The van der Waals surface area contributed by atoms with Crippen molar-refractivity contribution in [3.05, 3.63) is 0 Å². The van der Waals surface area contributed by atoms with E-state index in [1.807, 2.05) is 0 Å². The Hall–Kier alpha value is -0.0800. The van der Waals surface area contributed by atoms with Crippen LogP contribution in [0.25, 0.3) is 0 Å². The third-order valence-corrected chi connectivity index (χ3v) is 1.97. The summed E-state index contributed by atoms with van der Waals surface area (Å²) in [6, 6.07) is 0. The highest BCUT2D eigenvalue weighted by Gasteiger charge is 2.25. The van der Waals surface area contributed by atoms with Gasteiger partial charge in [-0.25, -0.2) is 0 Å². The van der Waals surface area contributed by atoms with Crippen molar-refractivity contribution >= 4 is 0 Å². The first-order chi connectivity index (χ1) is 4.11. The monoisotopic (exact) mass is 129 g/mol. The topological polar surface area (TPSA) is 12.0 Å². The van der Waals surface area contributed by atoms with E-state index in [-0.39, 0.29) is 0 Å². The Kier molecular flexibility index (Phi) is 1.78. The standard InChI is InChI=1S/C7H17N2/c1-9(2,3)7-5-4-6-8-7/h7-8H,4-6H2,1-3H3/q+1. The van der Waals surface area contributed by atoms with Gasteiger partial charge >= 0.3 is 0 Å². The maximum atomic E-state index is 3.47. The molecule has 0 bridgehead atoms. The van der Waals surface area contributed by atoms with Gasteiger partial charge in [-0.05, 0) is 6.42 Å². The molecular formula is C7H17N2+. The first-order valence-corrected chi connectivity index (χ1v) is 3.65. The zero-order valence-corrected chi connectivity index (χ0v) is 6.65. The molecule has 0 aromatic rings. The molecule has 1 saturated heterocycles. The van der Waals surface area contributed by atoms with Crippen molar-refractivity contribution in [1.82, 2.24) is 5.32 Å². The molecule has 0 radical (unpaired) electrons. The largest absolute Gasteiger partial charge is 0.316 e. The number of hydrogen-bond acceptors (Lipinski definition) is 1. The van der Waals surface area contributed by atoms with Gasteiger partial charge in [-0.1, -0.05) is 0 Å². The van der Waals surface area contributed by atoms with Crippen LogP contribution in [-0.4, -0.2) is 38.3 Å². The van der Waals surface area contributed by atoms with Crippen molar-refractivity contribution in [3.8, 4) is 0 Å². The minimum atomic E-state index is 0.699. The van der Waals surface area contributed by atoms with Crippen molar-refractivity contribution in [2.45, 2.75) is 19.0 Å². The molecule has 54 valence electrons. The molecule has 0 amide bonds. The summed E-state index contributed by atoms with van der Waals surface area (Å²) in [6.07, 6.45) is 3.38. The van der Waals surface area contributed by atoms with Gasteiger partial charge in [0.2, 0.25) is 0 Å². The van der Waals surface area contributed by atoms with Crippen molar-refractivity contribution in [1.29, 1.82) is 0 Å². The van der Waals surface area contributed by atoms with Gasteiger partial charge in [0.25, 0.3) is 0 Å². The fraction of sp³-hybridized carbons (Fsp3) is 1.00. The summed E-state index contributed by atoms with van der Waals surface area (Å²) < 4.78 is 1.06. The van der Waals surface area contributed by atoms with Crippen LogP contribution in [0.2, 0.25) is 0 Å². The summed E-state index contributed by atoms with van der Waals surface area (Å²) in [6.45, 7) is 1.21. The molecule has 1 atom stereocenters. The molecule has 1 N–H and O–H groups in total. The van der Waals surface area contributed by atoms with E-state index in [0.717, 1.165) is 4.48 Å². The van der Waals surface area contributed by atoms with Gasteiger partial charge in [0.1, 0.15) is 6.17 Å². The second-order valence-electron chi connectivity index (χ2n) is 3.73. The second-order valence-corrected chi connectivity index (χ2v) is 3.73. The van der Waals surface area contributed by atoms with Gasteiger partial charge < -0.3 is 4.48 Å². The molecule has 1 aliphatic heterocycles. The lowest BCUT2D eigenvalue weighted by atomic mass is 10.3. The molecule has 1 unspecified atom stereocenters. The van der Waals surface area contributed by atoms with E-state index in [0.29, 0.717) is 6.17 Å². The maximum absolute atomic E-state index is 3.47. The molecule has 2 heteroatoms. The van der Waals surface area contributed by atoms with Gasteiger partial charge in [-0.3, -0.25) is 5.32 Å². The maximum Gasteiger partial charge on any atom is 0.142 e. The Morgan fingerprint density at radius 3 is 2.22 bits per heavy atom. The highest BCUT2D eigenvalue weighted by molar-refractivity contribution is 4.64. The van der Waals surface area contributed by atoms with E-state index in [1.54, 1.807) is 0 Å². The fourth-order valence-corrected chi connectivity index (χ4v) is 1.33. The Morgan fingerprint density at radius 1 is 1.33 bits per heavy atom. The second kappa shape index (κ2) is 2.27. The van der Waals surface area contributed by atoms with Crippen LogP contribution in [0.1, 0.15) is 12.8 Å². The van der Waals surface area contributed by atoms with Crippen LogP contribution in [0.3, 0.4) is 0 Å². The minimum Gasteiger partial charge on any atom is -0.316 e. The average molecular weight is 129 g/mol. The van der Waals surface area contributed by atoms with Crippen molar-refractivity contribution in [2.75, 3.05) is 27.7 Å². The van der Waals surface area contributed by atoms with Gasteiger partial charge in [0.15, 0.2) is 0 Å². The number of hydrogen-bond donors (Lipinski definition) is 1. The normalized spacial score (nSPS) is 29.0. The molecule has 0 saturated carbocycles. The average Bonchev–Trinajstić information content (AvgIpc) is 2.08. The molecule has 2 nitrogen and oxygen atoms in total. The molecule has 1 heterocycles. The van der Waals surface area contributed by atoms with Crippen LogP contribution in [0.4, 0.5) is 0 Å². The molecule has 0 aromatic carbocycles. The third kappa shape index (κ3) is 1.66. The summed E-state index contributed by atoms with van der Waals surface area (Å²) in [4.78, 5) is 0. The van der Waals surface area contributed by atoms with Crippen LogP contribution in [0, 0.1) is 0 Å².